The van der Waals surface area contributed by atoms with Crippen LogP contribution in [-0.4, -0.2) is 55.1 Å². The molecule has 1 aromatic rings. The summed E-state index contributed by atoms with van der Waals surface area (Å²) in [6.07, 6.45) is 0. The molecule has 0 unspecified atom stereocenters. The average molecular weight is 266 g/mol. The highest BCUT2D eigenvalue weighted by Gasteiger charge is 2.12. The van der Waals surface area contributed by atoms with Gasteiger partial charge in [-0.1, -0.05) is 13.0 Å². The first kappa shape index (κ1) is 15.3. The number of rotatable bonds is 6. The van der Waals surface area contributed by atoms with Gasteiger partial charge >= 0.3 is 0 Å². The van der Waals surface area contributed by atoms with Crippen LogP contribution in [0.15, 0.2) is 18.2 Å². The van der Waals surface area contributed by atoms with E-state index in [1.54, 1.807) is 31.1 Å². The first-order valence-corrected chi connectivity index (χ1v) is 6.26. The van der Waals surface area contributed by atoms with Crippen LogP contribution in [0.25, 0.3) is 0 Å². The molecule has 0 radical (unpaired) electrons. The number of carbonyl (C=O) groups excluding carboxylic acids is 1. The minimum absolute atomic E-state index is 0.0765. The Kier molecular flexibility index (Phi) is 5.63. The highest BCUT2D eigenvalue weighted by molar-refractivity contribution is 5.77. The number of nitrogens with zero attached hydrogens (tertiary/aromatic N) is 2. The van der Waals surface area contributed by atoms with Crippen LogP contribution in [0.4, 0.5) is 0 Å². The molecule has 5 nitrogen and oxygen atoms in total. The van der Waals surface area contributed by atoms with Crippen LogP contribution in [0.3, 0.4) is 0 Å². The molecular weight excluding hydrogens is 244 g/mol. The molecule has 5 heteroatoms. The number of aromatic hydroxyl groups is 1. The molecule has 0 fully saturated rings. The van der Waals surface area contributed by atoms with E-state index in [-0.39, 0.29) is 11.7 Å². The first-order valence-electron chi connectivity index (χ1n) is 6.26. The molecule has 0 heterocycles. The smallest absolute Gasteiger partial charge is 0.236 e. The van der Waals surface area contributed by atoms with Crippen LogP contribution in [0.2, 0.25) is 0 Å². The zero-order valence-electron chi connectivity index (χ0n) is 12.0. The lowest BCUT2D eigenvalue weighted by atomic mass is 10.2. The minimum Gasteiger partial charge on any atom is -0.504 e. The number of likely N-dealkylation sites (N-methyl/N-ethyl adjacent to an activating group) is 2. The molecule has 0 saturated heterocycles. The normalized spacial score (nSPS) is 10.6. The van der Waals surface area contributed by atoms with Gasteiger partial charge < -0.3 is 14.7 Å². The summed E-state index contributed by atoms with van der Waals surface area (Å²) in [6, 6.07) is 5.23. The fraction of sp³-hybridized carbons (Fsp3) is 0.500. The molecule has 106 valence electrons. The van der Waals surface area contributed by atoms with Crippen molar-refractivity contribution in [2.24, 2.45) is 0 Å². The molecule has 0 aromatic heterocycles. The summed E-state index contributed by atoms with van der Waals surface area (Å²) in [4.78, 5) is 15.3. The Morgan fingerprint density at radius 1 is 1.37 bits per heavy atom. The average Bonchev–Trinajstić information content (AvgIpc) is 2.39. The van der Waals surface area contributed by atoms with Crippen molar-refractivity contribution in [2.45, 2.75) is 13.5 Å². The van der Waals surface area contributed by atoms with Crippen molar-refractivity contribution >= 4 is 5.91 Å². The van der Waals surface area contributed by atoms with Crippen molar-refractivity contribution in [3.8, 4) is 11.5 Å². The molecule has 0 bridgehead atoms. The van der Waals surface area contributed by atoms with E-state index >= 15 is 0 Å². The minimum atomic E-state index is 0.0765. The Hall–Kier alpha value is -1.75. The number of phenolic OH excluding ortho intramolecular Hbond substituents is 1. The predicted molar refractivity (Wildman–Crippen MR) is 74.3 cm³/mol. The summed E-state index contributed by atoms with van der Waals surface area (Å²) >= 11 is 0. The summed E-state index contributed by atoms with van der Waals surface area (Å²) in [5.74, 6) is 0.652. The molecule has 19 heavy (non-hydrogen) atoms. The molecule has 1 amide bonds. The van der Waals surface area contributed by atoms with Gasteiger partial charge in [-0.2, -0.15) is 0 Å². The largest absolute Gasteiger partial charge is 0.504 e. The van der Waals surface area contributed by atoms with Gasteiger partial charge in [-0.15, -0.1) is 0 Å². The third kappa shape index (κ3) is 4.44. The molecule has 0 atom stereocenters. The van der Waals surface area contributed by atoms with Crippen LogP contribution in [0.5, 0.6) is 11.5 Å². The Bertz CT molecular complexity index is 433. The summed E-state index contributed by atoms with van der Waals surface area (Å²) in [7, 11) is 5.02. The van der Waals surface area contributed by atoms with E-state index in [4.69, 9.17) is 4.74 Å². The molecule has 1 aromatic carbocycles. The van der Waals surface area contributed by atoms with E-state index in [0.717, 1.165) is 12.1 Å². The maximum atomic E-state index is 11.7. The summed E-state index contributed by atoms with van der Waals surface area (Å²) < 4.78 is 5.08. The van der Waals surface area contributed by atoms with Crippen LogP contribution in [-0.2, 0) is 11.3 Å². The van der Waals surface area contributed by atoms with Crippen LogP contribution in [0, 0.1) is 0 Å². The topological polar surface area (TPSA) is 53.0 Å². The lowest BCUT2D eigenvalue weighted by molar-refractivity contribution is -0.130. The van der Waals surface area contributed by atoms with Gasteiger partial charge in [0.1, 0.15) is 0 Å². The molecule has 1 rings (SSSR count). The van der Waals surface area contributed by atoms with Crippen LogP contribution < -0.4 is 4.74 Å². The predicted octanol–water partition coefficient (Wildman–Crippen LogP) is 1.31. The standard InChI is InChI=1S/C14H22N2O3/c1-5-16(10-14(18)15(2)3)9-11-6-7-12(17)13(8-11)19-4/h6-8,17H,5,9-10H2,1-4H3. The second-order valence-corrected chi connectivity index (χ2v) is 4.60. The summed E-state index contributed by atoms with van der Waals surface area (Å²) in [5.41, 5.74) is 1.00. The second kappa shape index (κ2) is 6.99. The zero-order valence-corrected chi connectivity index (χ0v) is 12.0. The number of carbonyl (C=O) groups is 1. The van der Waals surface area contributed by atoms with Gasteiger partial charge in [-0.05, 0) is 24.2 Å². The third-order valence-electron chi connectivity index (χ3n) is 2.96. The van der Waals surface area contributed by atoms with E-state index in [9.17, 15) is 9.90 Å². The Morgan fingerprint density at radius 3 is 2.58 bits per heavy atom. The zero-order chi connectivity index (χ0) is 14.4. The Balaban J connectivity index is 2.73. The second-order valence-electron chi connectivity index (χ2n) is 4.60. The van der Waals surface area contributed by atoms with Crippen molar-refractivity contribution in [2.75, 3.05) is 34.3 Å². The van der Waals surface area contributed by atoms with Gasteiger partial charge in [0.15, 0.2) is 11.5 Å². The van der Waals surface area contributed by atoms with Crippen molar-refractivity contribution < 1.29 is 14.6 Å². The highest BCUT2D eigenvalue weighted by Crippen LogP contribution is 2.26. The number of methoxy groups -OCH3 is 1. The maximum absolute atomic E-state index is 11.7. The SMILES string of the molecule is CCN(CC(=O)N(C)C)Cc1ccc(O)c(OC)c1. The lowest BCUT2D eigenvalue weighted by Crippen LogP contribution is -2.36. The molecule has 1 N–H and O–H groups in total. The monoisotopic (exact) mass is 266 g/mol. The van der Waals surface area contributed by atoms with Crippen molar-refractivity contribution in [3.05, 3.63) is 23.8 Å². The molecule has 0 saturated carbocycles. The van der Waals surface area contributed by atoms with Crippen LogP contribution >= 0.6 is 0 Å². The first-order chi connectivity index (χ1) is 8.97. The highest BCUT2D eigenvalue weighted by atomic mass is 16.5. The van der Waals surface area contributed by atoms with Crippen molar-refractivity contribution in [1.82, 2.24) is 9.80 Å². The lowest BCUT2D eigenvalue weighted by Gasteiger charge is -2.22. The van der Waals surface area contributed by atoms with Gasteiger partial charge in [-0.25, -0.2) is 0 Å². The molecule has 0 aliphatic rings. The summed E-state index contributed by atoms with van der Waals surface area (Å²) in [6.45, 7) is 3.82. The van der Waals surface area contributed by atoms with Gasteiger partial charge in [0.05, 0.1) is 13.7 Å². The molecule has 0 spiro atoms. The van der Waals surface area contributed by atoms with E-state index in [0.29, 0.717) is 18.8 Å². The Labute approximate surface area is 114 Å². The number of hydrogen-bond acceptors (Lipinski definition) is 4. The fourth-order valence-electron chi connectivity index (χ4n) is 1.69. The summed E-state index contributed by atoms with van der Waals surface area (Å²) in [5, 5.41) is 9.55. The van der Waals surface area contributed by atoms with E-state index < -0.39 is 0 Å². The van der Waals surface area contributed by atoms with Gasteiger partial charge in [0.25, 0.3) is 0 Å². The number of benzene rings is 1. The van der Waals surface area contributed by atoms with Gasteiger partial charge in [0.2, 0.25) is 5.91 Å². The Morgan fingerprint density at radius 2 is 2.05 bits per heavy atom. The number of amides is 1. The van der Waals surface area contributed by atoms with E-state index in [2.05, 4.69) is 0 Å². The van der Waals surface area contributed by atoms with Crippen molar-refractivity contribution in [1.29, 1.82) is 0 Å². The molecule has 0 aliphatic carbocycles. The number of phenols is 1. The van der Waals surface area contributed by atoms with E-state index in [1.165, 1.54) is 7.11 Å². The number of ether oxygens (including phenoxy) is 1. The quantitative estimate of drug-likeness (QED) is 0.843. The molecule has 0 aliphatic heterocycles. The van der Waals surface area contributed by atoms with E-state index in [1.807, 2.05) is 17.9 Å². The maximum Gasteiger partial charge on any atom is 0.236 e. The van der Waals surface area contributed by atoms with Gasteiger partial charge in [-0.3, -0.25) is 9.69 Å². The van der Waals surface area contributed by atoms with Gasteiger partial charge in [0, 0.05) is 20.6 Å². The van der Waals surface area contributed by atoms with Crippen LogP contribution in [0.1, 0.15) is 12.5 Å². The fourth-order valence-corrected chi connectivity index (χ4v) is 1.69. The third-order valence-corrected chi connectivity index (χ3v) is 2.96. The number of hydrogen-bond donors (Lipinski definition) is 1. The van der Waals surface area contributed by atoms with Crippen molar-refractivity contribution in [3.63, 3.8) is 0 Å². The molecular formula is C14H22N2O3.